The predicted octanol–water partition coefficient (Wildman–Crippen LogP) is 3.37. The van der Waals surface area contributed by atoms with E-state index >= 15 is 0 Å². The van der Waals surface area contributed by atoms with E-state index in [0.29, 0.717) is 35.4 Å². The lowest BCUT2D eigenvalue weighted by molar-refractivity contribution is 0.102. The molecule has 8 heteroatoms. The summed E-state index contributed by atoms with van der Waals surface area (Å²) in [5.74, 6) is 2.03. The van der Waals surface area contributed by atoms with Gasteiger partial charge in [-0.15, -0.1) is 0 Å². The molecule has 1 aromatic heterocycles. The minimum atomic E-state index is -0.327. The van der Waals surface area contributed by atoms with Gasteiger partial charge in [-0.1, -0.05) is 6.07 Å². The van der Waals surface area contributed by atoms with Crippen molar-refractivity contribution in [2.75, 3.05) is 32.0 Å². The number of carbonyl (C=O) groups excluding carboxylic acids is 1. The summed E-state index contributed by atoms with van der Waals surface area (Å²) < 4.78 is 15.7. The first-order chi connectivity index (χ1) is 14.1. The van der Waals surface area contributed by atoms with Gasteiger partial charge in [0.2, 0.25) is 5.95 Å². The zero-order chi connectivity index (χ0) is 20.6. The highest BCUT2D eigenvalue weighted by Gasteiger charge is 2.10. The molecule has 0 radical (unpaired) electrons. The van der Waals surface area contributed by atoms with Crippen LogP contribution in [0.5, 0.6) is 17.2 Å². The number of aromatic nitrogens is 2. The van der Waals surface area contributed by atoms with E-state index in [1.807, 2.05) is 18.2 Å². The van der Waals surface area contributed by atoms with E-state index in [4.69, 9.17) is 14.2 Å². The fraction of sp³-hybridized carbons (Fsp3) is 0.190. The lowest BCUT2D eigenvalue weighted by Crippen LogP contribution is -2.15. The summed E-state index contributed by atoms with van der Waals surface area (Å²) in [5, 5.41) is 5.90. The Hall–Kier alpha value is -3.81. The van der Waals surface area contributed by atoms with Crippen molar-refractivity contribution in [2.45, 2.75) is 6.54 Å². The number of methoxy groups -OCH3 is 3. The molecule has 2 aromatic carbocycles. The van der Waals surface area contributed by atoms with Crippen LogP contribution in [0.1, 0.15) is 16.1 Å². The van der Waals surface area contributed by atoms with E-state index in [-0.39, 0.29) is 11.6 Å². The minimum absolute atomic E-state index is 0.255. The van der Waals surface area contributed by atoms with Gasteiger partial charge in [0.1, 0.15) is 11.4 Å². The van der Waals surface area contributed by atoms with Crippen molar-refractivity contribution < 1.29 is 19.0 Å². The van der Waals surface area contributed by atoms with Crippen LogP contribution in [0.2, 0.25) is 0 Å². The number of anilines is 2. The van der Waals surface area contributed by atoms with Crippen molar-refractivity contribution in [3.63, 3.8) is 0 Å². The van der Waals surface area contributed by atoms with Gasteiger partial charge in [0.15, 0.2) is 11.5 Å². The van der Waals surface area contributed by atoms with Crippen molar-refractivity contribution in [1.29, 1.82) is 0 Å². The highest BCUT2D eigenvalue weighted by Crippen LogP contribution is 2.27. The molecule has 0 aliphatic carbocycles. The molecule has 29 heavy (non-hydrogen) atoms. The Bertz CT molecular complexity index is 977. The molecule has 0 spiro atoms. The number of carbonyl (C=O) groups is 1. The van der Waals surface area contributed by atoms with E-state index in [1.165, 1.54) is 6.20 Å². The van der Waals surface area contributed by atoms with Gasteiger partial charge < -0.3 is 24.8 Å². The Labute approximate surface area is 168 Å². The molecule has 3 rings (SSSR count). The van der Waals surface area contributed by atoms with Crippen molar-refractivity contribution in [2.24, 2.45) is 0 Å². The molecule has 0 saturated carbocycles. The van der Waals surface area contributed by atoms with Gasteiger partial charge in [0.25, 0.3) is 5.91 Å². The molecule has 0 unspecified atom stereocenters. The summed E-state index contributed by atoms with van der Waals surface area (Å²) in [6.07, 6.45) is 1.53. The van der Waals surface area contributed by atoms with Gasteiger partial charge in [-0.05, 0) is 48.0 Å². The fourth-order valence-electron chi connectivity index (χ4n) is 2.61. The van der Waals surface area contributed by atoms with Crippen LogP contribution in [-0.2, 0) is 6.54 Å². The summed E-state index contributed by atoms with van der Waals surface area (Å²) in [6, 6.07) is 14.2. The van der Waals surface area contributed by atoms with Crippen LogP contribution in [0.4, 0.5) is 11.6 Å². The van der Waals surface area contributed by atoms with Crippen molar-refractivity contribution in [1.82, 2.24) is 9.97 Å². The second-order valence-corrected chi connectivity index (χ2v) is 5.99. The van der Waals surface area contributed by atoms with Crippen LogP contribution in [0.3, 0.4) is 0 Å². The zero-order valence-electron chi connectivity index (χ0n) is 16.4. The molecule has 3 aromatic rings. The summed E-state index contributed by atoms with van der Waals surface area (Å²) >= 11 is 0. The molecule has 0 aliphatic heterocycles. The smallest absolute Gasteiger partial charge is 0.274 e. The maximum atomic E-state index is 12.5. The Morgan fingerprint density at radius 3 is 2.38 bits per heavy atom. The van der Waals surface area contributed by atoms with E-state index in [1.54, 1.807) is 51.7 Å². The van der Waals surface area contributed by atoms with E-state index < -0.39 is 0 Å². The first-order valence-corrected chi connectivity index (χ1v) is 8.86. The number of benzene rings is 2. The number of amides is 1. The molecular formula is C21H22N4O4. The first-order valence-electron chi connectivity index (χ1n) is 8.86. The minimum Gasteiger partial charge on any atom is -0.497 e. The highest BCUT2D eigenvalue weighted by atomic mass is 16.5. The third kappa shape index (κ3) is 5.13. The summed E-state index contributed by atoms with van der Waals surface area (Å²) in [7, 11) is 4.76. The Morgan fingerprint density at radius 2 is 1.69 bits per heavy atom. The van der Waals surface area contributed by atoms with Crippen LogP contribution in [0.15, 0.2) is 54.7 Å². The van der Waals surface area contributed by atoms with Crippen LogP contribution in [0, 0.1) is 0 Å². The number of hydrogen-bond donors (Lipinski definition) is 2. The first kappa shape index (κ1) is 19.9. The molecule has 2 N–H and O–H groups in total. The maximum absolute atomic E-state index is 12.5. The SMILES string of the molecule is COc1ccc(NC(=O)c2ccnc(NCc3ccc(OC)c(OC)c3)n2)cc1. The van der Waals surface area contributed by atoms with Crippen LogP contribution < -0.4 is 24.8 Å². The Balaban J connectivity index is 1.65. The van der Waals surface area contributed by atoms with E-state index in [2.05, 4.69) is 20.6 Å². The normalized spacial score (nSPS) is 10.2. The van der Waals surface area contributed by atoms with Gasteiger partial charge in [-0.3, -0.25) is 4.79 Å². The van der Waals surface area contributed by atoms with Crippen LogP contribution >= 0.6 is 0 Å². The summed E-state index contributed by atoms with van der Waals surface area (Å²) in [6.45, 7) is 0.462. The molecule has 8 nitrogen and oxygen atoms in total. The molecular weight excluding hydrogens is 372 g/mol. The number of ether oxygens (including phenoxy) is 3. The average Bonchev–Trinajstić information content (AvgIpc) is 2.78. The molecule has 0 saturated heterocycles. The Kier molecular flexibility index (Phi) is 6.47. The van der Waals surface area contributed by atoms with Crippen molar-refractivity contribution in [3.8, 4) is 17.2 Å². The van der Waals surface area contributed by atoms with Gasteiger partial charge in [0, 0.05) is 18.4 Å². The third-order valence-electron chi connectivity index (χ3n) is 4.13. The molecule has 1 amide bonds. The Morgan fingerprint density at radius 1 is 0.931 bits per heavy atom. The fourth-order valence-corrected chi connectivity index (χ4v) is 2.61. The molecule has 150 valence electrons. The largest absolute Gasteiger partial charge is 0.497 e. The van der Waals surface area contributed by atoms with E-state index in [0.717, 1.165) is 5.56 Å². The van der Waals surface area contributed by atoms with Crippen molar-refractivity contribution >= 4 is 17.5 Å². The molecule has 0 fully saturated rings. The number of nitrogens with one attached hydrogen (secondary N) is 2. The average molecular weight is 394 g/mol. The maximum Gasteiger partial charge on any atom is 0.274 e. The zero-order valence-corrected chi connectivity index (χ0v) is 16.4. The standard InChI is InChI=1S/C21H22N4O4/c1-27-16-7-5-15(6-8-16)24-20(26)17-10-11-22-21(25-17)23-13-14-4-9-18(28-2)19(12-14)29-3/h4-12H,13H2,1-3H3,(H,24,26)(H,22,23,25). The number of rotatable bonds is 8. The van der Waals surface area contributed by atoms with Gasteiger partial charge in [0.05, 0.1) is 21.3 Å². The lowest BCUT2D eigenvalue weighted by Gasteiger charge is -2.11. The summed E-state index contributed by atoms with van der Waals surface area (Å²) in [5.41, 5.74) is 1.86. The molecule has 0 bridgehead atoms. The monoisotopic (exact) mass is 394 g/mol. The highest BCUT2D eigenvalue weighted by molar-refractivity contribution is 6.02. The van der Waals surface area contributed by atoms with Crippen molar-refractivity contribution in [3.05, 3.63) is 66.0 Å². The van der Waals surface area contributed by atoms with Gasteiger partial charge >= 0.3 is 0 Å². The molecule has 0 aliphatic rings. The third-order valence-corrected chi connectivity index (χ3v) is 4.13. The second kappa shape index (κ2) is 9.41. The van der Waals surface area contributed by atoms with Crippen LogP contribution in [-0.4, -0.2) is 37.2 Å². The van der Waals surface area contributed by atoms with Gasteiger partial charge in [-0.25, -0.2) is 9.97 Å². The molecule has 1 heterocycles. The van der Waals surface area contributed by atoms with E-state index in [9.17, 15) is 4.79 Å². The quantitative estimate of drug-likeness (QED) is 0.605. The lowest BCUT2D eigenvalue weighted by atomic mass is 10.2. The molecule has 0 atom stereocenters. The number of nitrogens with zero attached hydrogens (tertiary/aromatic N) is 2. The van der Waals surface area contributed by atoms with Crippen LogP contribution in [0.25, 0.3) is 0 Å². The topological polar surface area (TPSA) is 94.6 Å². The second-order valence-electron chi connectivity index (χ2n) is 5.99. The van der Waals surface area contributed by atoms with Gasteiger partial charge in [-0.2, -0.15) is 0 Å². The number of hydrogen-bond acceptors (Lipinski definition) is 7. The summed E-state index contributed by atoms with van der Waals surface area (Å²) in [4.78, 5) is 20.9. The predicted molar refractivity (Wildman–Crippen MR) is 110 cm³/mol.